The zero-order chi connectivity index (χ0) is 19.3. The molecule has 0 N–H and O–H groups in total. The van der Waals surface area contributed by atoms with E-state index in [0.717, 1.165) is 47.4 Å². The Kier molecular flexibility index (Phi) is 4.00. The number of carbonyl (C=O) groups is 1. The lowest BCUT2D eigenvalue weighted by atomic mass is 9.77. The molecule has 144 valence electrons. The van der Waals surface area contributed by atoms with Gasteiger partial charge in [0.15, 0.2) is 0 Å². The van der Waals surface area contributed by atoms with Crippen molar-refractivity contribution >= 4 is 16.7 Å². The van der Waals surface area contributed by atoms with Crippen molar-refractivity contribution in [1.29, 1.82) is 0 Å². The second-order valence-corrected chi connectivity index (χ2v) is 7.86. The number of rotatable bonds is 4. The number of nitrogens with zero attached hydrogens (tertiary/aromatic N) is 4. The van der Waals surface area contributed by atoms with E-state index in [-0.39, 0.29) is 25.0 Å². The number of pyridine rings is 2. The molecule has 4 heterocycles. The van der Waals surface area contributed by atoms with Crippen molar-refractivity contribution in [3.8, 4) is 11.3 Å². The molecule has 0 unspecified atom stereocenters. The van der Waals surface area contributed by atoms with Crippen molar-refractivity contribution in [2.75, 3.05) is 0 Å². The smallest absolute Gasteiger partial charge is 0.249 e. The molecule has 0 amide bonds. The largest absolute Gasteiger partial charge is 0.328 e. The standard InChI is InChI=1S/C21H20F2N4O/c22-21(23)8-15(9-21)19(28)7-16-6-13-5-14(10-25-17(13)11-24-16)18-12-26-20-3-1-2-4-27(18)20/h5-6,10-12,15H,1-4,7-9H2. The molecule has 1 saturated carbocycles. The minimum atomic E-state index is -2.68. The minimum Gasteiger partial charge on any atom is -0.328 e. The molecule has 3 aromatic rings. The van der Waals surface area contributed by atoms with Crippen LogP contribution in [0.4, 0.5) is 8.78 Å². The Hall–Kier alpha value is -2.70. The minimum absolute atomic E-state index is 0.0863. The number of halogens is 2. The summed E-state index contributed by atoms with van der Waals surface area (Å²) in [6.45, 7) is 0.963. The number of alkyl halides is 2. The van der Waals surface area contributed by atoms with E-state index in [4.69, 9.17) is 0 Å². The third-order valence-electron chi connectivity index (χ3n) is 5.79. The maximum atomic E-state index is 13.0. The Labute approximate surface area is 160 Å². The van der Waals surface area contributed by atoms with Crippen LogP contribution in [0.1, 0.15) is 37.2 Å². The van der Waals surface area contributed by atoms with Gasteiger partial charge >= 0.3 is 0 Å². The summed E-state index contributed by atoms with van der Waals surface area (Å²) < 4.78 is 28.3. The van der Waals surface area contributed by atoms with E-state index in [0.29, 0.717) is 5.69 Å². The summed E-state index contributed by atoms with van der Waals surface area (Å²) in [7, 11) is 0. The molecular weight excluding hydrogens is 362 g/mol. The van der Waals surface area contributed by atoms with Crippen molar-refractivity contribution in [1.82, 2.24) is 19.5 Å². The van der Waals surface area contributed by atoms with Crippen molar-refractivity contribution in [3.63, 3.8) is 0 Å². The Bertz CT molecular complexity index is 1070. The van der Waals surface area contributed by atoms with Gasteiger partial charge in [-0.1, -0.05) is 0 Å². The van der Waals surface area contributed by atoms with Gasteiger partial charge in [-0.15, -0.1) is 0 Å². The van der Waals surface area contributed by atoms with Gasteiger partial charge in [0, 0.05) is 61.0 Å². The van der Waals surface area contributed by atoms with E-state index >= 15 is 0 Å². The quantitative estimate of drug-likeness (QED) is 0.685. The van der Waals surface area contributed by atoms with Crippen LogP contribution in [0.3, 0.4) is 0 Å². The second-order valence-electron chi connectivity index (χ2n) is 7.86. The van der Waals surface area contributed by atoms with E-state index in [9.17, 15) is 13.6 Å². The first kappa shape index (κ1) is 17.4. The fourth-order valence-corrected chi connectivity index (χ4v) is 4.17. The molecule has 0 atom stereocenters. The van der Waals surface area contributed by atoms with E-state index in [1.165, 1.54) is 6.42 Å². The molecular formula is C21H20F2N4O. The molecule has 2 aliphatic rings. The van der Waals surface area contributed by atoms with Crippen LogP contribution >= 0.6 is 0 Å². The first-order valence-corrected chi connectivity index (χ1v) is 9.68. The number of Topliss-reactive ketones (excluding diaryl/α,β-unsaturated/α-hetero) is 1. The normalized spacial score (nSPS) is 18.6. The Balaban J connectivity index is 1.42. The predicted octanol–water partition coefficient (Wildman–Crippen LogP) is 3.99. The molecule has 1 aliphatic carbocycles. The zero-order valence-electron chi connectivity index (χ0n) is 15.4. The van der Waals surface area contributed by atoms with Gasteiger partial charge in [-0.2, -0.15) is 0 Å². The van der Waals surface area contributed by atoms with Gasteiger partial charge in [-0.05, 0) is 25.0 Å². The third-order valence-corrected chi connectivity index (χ3v) is 5.79. The van der Waals surface area contributed by atoms with Crippen LogP contribution in [0.25, 0.3) is 22.2 Å². The third kappa shape index (κ3) is 3.08. The summed E-state index contributed by atoms with van der Waals surface area (Å²) in [5.41, 5.74) is 3.38. The Morgan fingerprint density at radius 2 is 1.96 bits per heavy atom. The molecule has 1 fully saturated rings. The zero-order valence-corrected chi connectivity index (χ0v) is 15.4. The van der Waals surface area contributed by atoms with Crippen LogP contribution in [0, 0.1) is 5.92 Å². The lowest BCUT2D eigenvalue weighted by Gasteiger charge is -2.33. The average Bonchev–Trinajstić information content (AvgIpc) is 3.09. The molecule has 0 saturated heterocycles. The number of fused-ring (bicyclic) bond motifs is 2. The van der Waals surface area contributed by atoms with Crippen molar-refractivity contribution < 1.29 is 13.6 Å². The van der Waals surface area contributed by atoms with Crippen LogP contribution in [0.5, 0.6) is 0 Å². The van der Waals surface area contributed by atoms with Crippen molar-refractivity contribution in [2.24, 2.45) is 5.92 Å². The van der Waals surface area contributed by atoms with Gasteiger partial charge in [-0.3, -0.25) is 14.8 Å². The number of aromatic nitrogens is 4. The molecule has 0 spiro atoms. The summed E-state index contributed by atoms with van der Waals surface area (Å²) >= 11 is 0. The molecule has 0 bridgehead atoms. The number of ketones is 1. The first-order chi connectivity index (χ1) is 13.5. The summed E-state index contributed by atoms with van der Waals surface area (Å²) in [4.78, 5) is 25.6. The van der Waals surface area contributed by atoms with Crippen LogP contribution in [-0.4, -0.2) is 31.2 Å². The Morgan fingerprint density at radius 3 is 2.79 bits per heavy atom. The van der Waals surface area contributed by atoms with Gasteiger partial charge in [0.25, 0.3) is 0 Å². The van der Waals surface area contributed by atoms with Gasteiger partial charge in [-0.25, -0.2) is 13.8 Å². The monoisotopic (exact) mass is 382 g/mol. The number of aryl methyl sites for hydroxylation is 1. The average molecular weight is 382 g/mol. The van der Waals surface area contributed by atoms with Crippen LogP contribution in [-0.2, 0) is 24.2 Å². The first-order valence-electron chi connectivity index (χ1n) is 9.68. The SMILES string of the molecule is O=C(Cc1cc2cc(-c3cnc4n3CCCC4)cnc2cn1)C1CC(F)(F)C1. The predicted molar refractivity (Wildman–Crippen MR) is 100 cm³/mol. The summed E-state index contributed by atoms with van der Waals surface area (Å²) in [6.07, 6.45) is 8.09. The highest BCUT2D eigenvalue weighted by Crippen LogP contribution is 2.43. The molecule has 0 aromatic carbocycles. The molecule has 3 aromatic heterocycles. The molecule has 7 heteroatoms. The second kappa shape index (κ2) is 6.43. The van der Waals surface area contributed by atoms with Crippen molar-refractivity contribution in [2.45, 2.75) is 51.0 Å². The van der Waals surface area contributed by atoms with Crippen LogP contribution in [0.2, 0.25) is 0 Å². The number of imidazole rings is 1. The lowest BCUT2D eigenvalue weighted by molar-refractivity contribution is -0.147. The molecule has 28 heavy (non-hydrogen) atoms. The van der Waals surface area contributed by atoms with Crippen molar-refractivity contribution in [3.05, 3.63) is 42.2 Å². The lowest BCUT2D eigenvalue weighted by Crippen LogP contribution is -2.40. The van der Waals surface area contributed by atoms with E-state index in [1.807, 2.05) is 24.5 Å². The number of hydrogen-bond donors (Lipinski definition) is 0. The highest BCUT2D eigenvalue weighted by atomic mass is 19.3. The maximum absolute atomic E-state index is 13.0. The molecule has 1 aliphatic heterocycles. The topological polar surface area (TPSA) is 60.7 Å². The highest BCUT2D eigenvalue weighted by molar-refractivity contribution is 5.86. The number of carbonyl (C=O) groups excluding carboxylic acids is 1. The van der Waals surface area contributed by atoms with Gasteiger partial charge < -0.3 is 4.57 Å². The molecule has 0 radical (unpaired) electrons. The van der Waals surface area contributed by atoms with E-state index < -0.39 is 11.8 Å². The molecule has 5 rings (SSSR count). The van der Waals surface area contributed by atoms with E-state index in [1.54, 1.807) is 6.20 Å². The van der Waals surface area contributed by atoms with Crippen LogP contribution < -0.4 is 0 Å². The fraction of sp³-hybridized carbons (Fsp3) is 0.429. The number of hydrogen-bond acceptors (Lipinski definition) is 4. The fourth-order valence-electron chi connectivity index (χ4n) is 4.17. The summed E-state index contributed by atoms with van der Waals surface area (Å²) in [6, 6.07) is 3.88. The van der Waals surface area contributed by atoms with Gasteiger partial charge in [0.05, 0.1) is 23.6 Å². The summed E-state index contributed by atoms with van der Waals surface area (Å²) in [5.74, 6) is -2.28. The van der Waals surface area contributed by atoms with Gasteiger partial charge in [0.1, 0.15) is 11.6 Å². The van der Waals surface area contributed by atoms with E-state index in [2.05, 4.69) is 19.5 Å². The Morgan fingerprint density at radius 1 is 1.11 bits per heavy atom. The van der Waals surface area contributed by atoms with Gasteiger partial charge in [0.2, 0.25) is 5.92 Å². The highest BCUT2D eigenvalue weighted by Gasteiger charge is 2.48. The molecule has 5 nitrogen and oxygen atoms in total. The maximum Gasteiger partial charge on any atom is 0.249 e. The van der Waals surface area contributed by atoms with Crippen LogP contribution in [0.15, 0.2) is 30.7 Å². The summed E-state index contributed by atoms with van der Waals surface area (Å²) in [5, 5.41) is 0.889.